The average molecular weight is 204 g/mol. The topological polar surface area (TPSA) is 52.0 Å². The van der Waals surface area contributed by atoms with Gasteiger partial charge in [-0.05, 0) is 49.3 Å². The maximum Gasteiger partial charge on any atom is 0.0522 e. The Morgan fingerprint density at radius 1 is 1.53 bits per heavy atom. The van der Waals surface area contributed by atoms with Crippen molar-refractivity contribution in [2.75, 3.05) is 0 Å². The largest absolute Gasteiger partial charge is 0.399 e. The van der Waals surface area contributed by atoms with E-state index in [1.54, 1.807) is 0 Å². The van der Waals surface area contributed by atoms with Crippen molar-refractivity contribution in [3.8, 4) is 0 Å². The van der Waals surface area contributed by atoms with Crippen LogP contribution in [0.1, 0.15) is 33.1 Å². The summed E-state index contributed by atoms with van der Waals surface area (Å²) in [6.45, 7) is 4.22. The highest BCUT2D eigenvalue weighted by atomic mass is 14.7. The van der Waals surface area contributed by atoms with Crippen LogP contribution in [-0.4, -0.2) is 5.54 Å². The highest BCUT2D eigenvalue weighted by Crippen LogP contribution is 2.39. The first-order valence-electron chi connectivity index (χ1n) is 5.73. The third-order valence-electron chi connectivity index (χ3n) is 3.46. The zero-order valence-corrected chi connectivity index (χ0v) is 9.59. The Balaban J connectivity index is 2.42. The molecule has 15 heavy (non-hydrogen) atoms. The van der Waals surface area contributed by atoms with Crippen molar-refractivity contribution >= 4 is 0 Å². The first-order chi connectivity index (χ1) is 7.03. The van der Waals surface area contributed by atoms with E-state index in [4.69, 9.17) is 11.5 Å². The quantitative estimate of drug-likeness (QED) is 0.688. The number of hydrogen-bond acceptors (Lipinski definition) is 2. The first kappa shape index (κ1) is 10.5. The molecule has 2 heteroatoms. The van der Waals surface area contributed by atoms with Gasteiger partial charge >= 0.3 is 0 Å². The molecule has 2 atom stereocenters. The van der Waals surface area contributed by atoms with Gasteiger partial charge in [0.15, 0.2) is 0 Å². The van der Waals surface area contributed by atoms with Crippen molar-refractivity contribution in [3.63, 3.8) is 0 Å². The highest BCUT2D eigenvalue weighted by molar-refractivity contribution is 5.48. The van der Waals surface area contributed by atoms with Gasteiger partial charge in [-0.1, -0.05) is 19.1 Å². The molecular weight excluding hydrogens is 184 g/mol. The summed E-state index contributed by atoms with van der Waals surface area (Å²) in [5, 5.41) is 0. The number of rotatable bonds is 1. The van der Waals surface area contributed by atoms with Crippen LogP contribution in [0.4, 0.5) is 0 Å². The van der Waals surface area contributed by atoms with E-state index in [2.05, 4.69) is 19.1 Å². The van der Waals surface area contributed by atoms with Gasteiger partial charge in [-0.25, -0.2) is 0 Å². The highest BCUT2D eigenvalue weighted by Gasteiger charge is 2.27. The van der Waals surface area contributed by atoms with Crippen molar-refractivity contribution in [2.45, 2.75) is 38.6 Å². The van der Waals surface area contributed by atoms with Crippen molar-refractivity contribution in [1.29, 1.82) is 0 Å². The summed E-state index contributed by atoms with van der Waals surface area (Å²) in [6, 6.07) is 0. The monoisotopic (exact) mass is 204 g/mol. The van der Waals surface area contributed by atoms with Gasteiger partial charge in [-0.15, -0.1) is 0 Å². The number of allylic oxidation sites excluding steroid dienone is 3. The Bertz CT molecular complexity index is 359. The molecule has 0 aromatic carbocycles. The lowest BCUT2D eigenvalue weighted by molar-refractivity contribution is 0.592. The third-order valence-corrected chi connectivity index (χ3v) is 3.46. The molecule has 82 valence electrons. The van der Waals surface area contributed by atoms with E-state index in [9.17, 15) is 0 Å². The molecule has 2 nitrogen and oxygen atoms in total. The molecule has 0 aromatic rings. The van der Waals surface area contributed by atoms with E-state index >= 15 is 0 Å². The van der Waals surface area contributed by atoms with Gasteiger partial charge in [-0.2, -0.15) is 0 Å². The Morgan fingerprint density at radius 3 is 2.93 bits per heavy atom. The summed E-state index contributed by atoms with van der Waals surface area (Å²) in [7, 11) is 0. The minimum Gasteiger partial charge on any atom is -0.399 e. The minimum absolute atomic E-state index is 0.396. The number of nitrogens with two attached hydrogens (primary N) is 2. The lowest BCUT2D eigenvalue weighted by Gasteiger charge is -2.15. The minimum atomic E-state index is -0.396. The Kier molecular flexibility index (Phi) is 2.47. The Labute approximate surface area is 91.7 Å². The van der Waals surface area contributed by atoms with Crippen LogP contribution in [0.3, 0.4) is 0 Å². The molecule has 2 aliphatic carbocycles. The molecule has 0 saturated carbocycles. The van der Waals surface area contributed by atoms with Gasteiger partial charge in [-0.3, -0.25) is 0 Å². The van der Waals surface area contributed by atoms with Crippen LogP contribution in [0.15, 0.2) is 35.1 Å². The van der Waals surface area contributed by atoms with Crippen LogP contribution in [0.5, 0.6) is 0 Å². The van der Waals surface area contributed by atoms with E-state index in [1.807, 2.05) is 13.0 Å². The predicted octanol–water partition coefficient (Wildman–Crippen LogP) is 2.23. The maximum atomic E-state index is 6.10. The van der Waals surface area contributed by atoms with Crippen LogP contribution in [0, 0.1) is 5.92 Å². The van der Waals surface area contributed by atoms with E-state index in [0.29, 0.717) is 5.92 Å². The molecule has 0 radical (unpaired) electrons. The van der Waals surface area contributed by atoms with Gasteiger partial charge in [0.2, 0.25) is 0 Å². The number of hydrogen-bond donors (Lipinski definition) is 2. The summed E-state index contributed by atoms with van der Waals surface area (Å²) >= 11 is 0. The lowest BCUT2D eigenvalue weighted by atomic mass is 9.96. The summed E-state index contributed by atoms with van der Waals surface area (Å²) in [4.78, 5) is 0. The normalized spacial score (nSPS) is 35.1. The molecule has 0 heterocycles. The van der Waals surface area contributed by atoms with Gasteiger partial charge in [0, 0.05) is 5.70 Å². The summed E-state index contributed by atoms with van der Waals surface area (Å²) < 4.78 is 0. The molecule has 0 saturated heterocycles. The molecule has 0 amide bonds. The standard InChI is InChI=1S/C13H20N2/c1-3-9-4-5-11-10(9)6-7-13(2,15)8-12(11)14/h6-9H,3-5,14-15H2,1-2H3. The zero-order chi connectivity index (χ0) is 11.1. The second kappa shape index (κ2) is 3.53. The molecule has 0 bridgehead atoms. The van der Waals surface area contributed by atoms with E-state index in [0.717, 1.165) is 12.1 Å². The molecule has 0 spiro atoms. The fourth-order valence-corrected chi connectivity index (χ4v) is 2.58. The molecule has 2 unspecified atom stereocenters. The van der Waals surface area contributed by atoms with Crippen LogP contribution < -0.4 is 11.5 Å². The molecular formula is C13H20N2. The Hall–Kier alpha value is -1.02. The van der Waals surface area contributed by atoms with Gasteiger partial charge < -0.3 is 11.5 Å². The molecule has 2 aliphatic rings. The zero-order valence-electron chi connectivity index (χ0n) is 9.59. The van der Waals surface area contributed by atoms with E-state index in [1.165, 1.54) is 24.0 Å². The second-order valence-electron chi connectivity index (χ2n) is 4.88. The van der Waals surface area contributed by atoms with Crippen molar-refractivity contribution in [1.82, 2.24) is 0 Å². The summed E-state index contributed by atoms with van der Waals surface area (Å²) in [5.74, 6) is 0.678. The molecule has 0 aliphatic heterocycles. The predicted molar refractivity (Wildman–Crippen MR) is 64.0 cm³/mol. The molecule has 0 fully saturated rings. The third kappa shape index (κ3) is 1.86. The van der Waals surface area contributed by atoms with Crippen molar-refractivity contribution < 1.29 is 0 Å². The molecule has 0 aromatic heterocycles. The fourth-order valence-electron chi connectivity index (χ4n) is 2.58. The van der Waals surface area contributed by atoms with Gasteiger partial charge in [0.1, 0.15) is 0 Å². The van der Waals surface area contributed by atoms with Crippen LogP contribution >= 0.6 is 0 Å². The second-order valence-corrected chi connectivity index (χ2v) is 4.88. The molecule has 2 rings (SSSR count). The van der Waals surface area contributed by atoms with E-state index in [-0.39, 0.29) is 0 Å². The van der Waals surface area contributed by atoms with Crippen LogP contribution in [0.25, 0.3) is 0 Å². The SMILES string of the molecule is CCC1CCC2=C1C=CC(C)(N)C=C2N. The van der Waals surface area contributed by atoms with Crippen LogP contribution in [0.2, 0.25) is 0 Å². The van der Waals surface area contributed by atoms with Crippen molar-refractivity contribution in [3.05, 3.63) is 35.1 Å². The summed E-state index contributed by atoms with van der Waals surface area (Å²) in [5.41, 5.74) is 15.4. The smallest absolute Gasteiger partial charge is 0.0522 e. The maximum absolute atomic E-state index is 6.10. The molecule has 4 N–H and O–H groups in total. The summed E-state index contributed by atoms with van der Waals surface area (Å²) in [6.07, 6.45) is 9.77. The Morgan fingerprint density at radius 2 is 2.27 bits per heavy atom. The van der Waals surface area contributed by atoms with Gasteiger partial charge in [0.05, 0.1) is 5.54 Å². The van der Waals surface area contributed by atoms with Crippen LogP contribution in [-0.2, 0) is 0 Å². The van der Waals surface area contributed by atoms with E-state index < -0.39 is 5.54 Å². The fraction of sp³-hybridized carbons (Fsp3) is 0.538. The van der Waals surface area contributed by atoms with Gasteiger partial charge in [0.25, 0.3) is 0 Å². The average Bonchev–Trinajstić information content (AvgIpc) is 2.52. The first-order valence-corrected chi connectivity index (χ1v) is 5.73. The lowest BCUT2D eigenvalue weighted by Crippen LogP contribution is -2.31. The van der Waals surface area contributed by atoms with Crippen molar-refractivity contribution in [2.24, 2.45) is 17.4 Å².